The van der Waals surface area contributed by atoms with Crippen molar-refractivity contribution < 1.29 is 9.18 Å². The molecule has 0 aliphatic carbocycles. The Labute approximate surface area is 115 Å². The lowest BCUT2D eigenvalue weighted by molar-refractivity contribution is 0.0784. The number of carbonyl (C=O) groups excluding carboxylic acids is 1. The largest absolute Gasteiger partial charge is 0.337 e. The first-order valence-corrected chi connectivity index (χ1v) is 6.06. The van der Waals surface area contributed by atoms with Gasteiger partial charge in [-0.25, -0.2) is 4.39 Å². The lowest BCUT2D eigenvalue weighted by atomic mass is 10.2. The van der Waals surface area contributed by atoms with Gasteiger partial charge in [-0.3, -0.25) is 9.78 Å². The topological polar surface area (TPSA) is 33.2 Å². The molecule has 0 saturated carbocycles. The molecule has 2 aromatic rings. The van der Waals surface area contributed by atoms with Gasteiger partial charge in [-0.2, -0.15) is 0 Å². The Balaban J connectivity index is 2.17. The highest BCUT2D eigenvalue weighted by Gasteiger charge is 2.16. The lowest BCUT2D eigenvalue weighted by Gasteiger charge is -2.18. The Morgan fingerprint density at radius 3 is 2.79 bits per heavy atom. The molecule has 1 heterocycles. The summed E-state index contributed by atoms with van der Waals surface area (Å²) in [4.78, 5) is 17.4. The van der Waals surface area contributed by atoms with Crippen LogP contribution in [0.3, 0.4) is 0 Å². The van der Waals surface area contributed by atoms with Gasteiger partial charge < -0.3 is 4.90 Å². The fraction of sp³-hybridized carbons (Fsp3) is 0.143. The van der Waals surface area contributed by atoms with Crippen molar-refractivity contribution in [3.8, 4) is 0 Å². The molecule has 0 spiro atoms. The highest BCUT2D eigenvalue weighted by atomic mass is 35.5. The van der Waals surface area contributed by atoms with Crippen molar-refractivity contribution in [2.75, 3.05) is 7.05 Å². The Bertz CT molecular complexity index is 604. The van der Waals surface area contributed by atoms with Gasteiger partial charge in [0.1, 0.15) is 5.82 Å². The summed E-state index contributed by atoms with van der Waals surface area (Å²) < 4.78 is 13.5. The van der Waals surface area contributed by atoms with E-state index in [1.165, 1.54) is 23.4 Å². The first kappa shape index (κ1) is 13.5. The molecule has 0 atom stereocenters. The highest BCUT2D eigenvalue weighted by Crippen LogP contribution is 2.17. The average molecular weight is 279 g/mol. The smallest absolute Gasteiger partial charge is 0.255 e. The Hall–Kier alpha value is -1.94. The van der Waals surface area contributed by atoms with E-state index in [1.54, 1.807) is 31.3 Å². The van der Waals surface area contributed by atoms with E-state index < -0.39 is 0 Å². The molecule has 0 fully saturated rings. The Morgan fingerprint density at radius 2 is 2.11 bits per heavy atom. The number of pyridine rings is 1. The standard InChI is InChI=1S/C14H12ClFN2O/c1-18(9-10-4-2-3-5-13(10)16)14(19)11-6-7-17-8-12(11)15/h2-8H,9H2,1H3. The molecule has 0 aliphatic heterocycles. The van der Waals surface area contributed by atoms with Crippen LogP contribution in [0.25, 0.3) is 0 Å². The van der Waals surface area contributed by atoms with Gasteiger partial charge in [0.25, 0.3) is 5.91 Å². The van der Waals surface area contributed by atoms with E-state index in [2.05, 4.69) is 4.98 Å². The van der Waals surface area contributed by atoms with Gasteiger partial charge in [0, 0.05) is 31.5 Å². The number of carbonyl (C=O) groups is 1. The van der Waals surface area contributed by atoms with E-state index in [4.69, 9.17) is 11.6 Å². The first-order chi connectivity index (χ1) is 9.09. The zero-order valence-corrected chi connectivity index (χ0v) is 11.1. The summed E-state index contributed by atoms with van der Waals surface area (Å²) in [6.07, 6.45) is 2.90. The summed E-state index contributed by atoms with van der Waals surface area (Å²) in [6.45, 7) is 0.185. The third kappa shape index (κ3) is 3.09. The Kier molecular flexibility index (Phi) is 4.12. The normalized spacial score (nSPS) is 10.3. The summed E-state index contributed by atoms with van der Waals surface area (Å²) in [7, 11) is 1.60. The van der Waals surface area contributed by atoms with Gasteiger partial charge in [-0.1, -0.05) is 29.8 Å². The number of hydrogen-bond acceptors (Lipinski definition) is 2. The molecule has 1 aromatic heterocycles. The van der Waals surface area contributed by atoms with Gasteiger partial charge in [-0.05, 0) is 12.1 Å². The molecule has 0 unspecified atom stereocenters. The zero-order chi connectivity index (χ0) is 13.8. The molecular weight excluding hydrogens is 267 g/mol. The monoisotopic (exact) mass is 278 g/mol. The van der Waals surface area contributed by atoms with Gasteiger partial charge in [0.2, 0.25) is 0 Å². The van der Waals surface area contributed by atoms with Gasteiger partial charge >= 0.3 is 0 Å². The van der Waals surface area contributed by atoms with E-state index in [1.807, 2.05) is 0 Å². The minimum Gasteiger partial charge on any atom is -0.337 e. The second-order valence-electron chi connectivity index (χ2n) is 4.11. The van der Waals surface area contributed by atoms with Crippen molar-refractivity contribution >= 4 is 17.5 Å². The van der Waals surface area contributed by atoms with E-state index >= 15 is 0 Å². The molecule has 0 saturated heterocycles. The highest BCUT2D eigenvalue weighted by molar-refractivity contribution is 6.33. The third-order valence-corrected chi connectivity index (χ3v) is 3.02. The second-order valence-corrected chi connectivity index (χ2v) is 4.52. The number of hydrogen-bond donors (Lipinski definition) is 0. The van der Waals surface area contributed by atoms with Crippen molar-refractivity contribution in [3.63, 3.8) is 0 Å². The minimum atomic E-state index is -0.331. The summed E-state index contributed by atoms with van der Waals surface area (Å²) in [5.41, 5.74) is 0.819. The van der Waals surface area contributed by atoms with Crippen LogP contribution in [-0.4, -0.2) is 22.8 Å². The number of benzene rings is 1. The van der Waals surface area contributed by atoms with Crippen molar-refractivity contribution in [1.29, 1.82) is 0 Å². The van der Waals surface area contributed by atoms with Crippen LogP contribution in [-0.2, 0) is 6.54 Å². The van der Waals surface area contributed by atoms with E-state index in [0.29, 0.717) is 11.1 Å². The van der Waals surface area contributed by atoms with Crippen molar-refractivity contribution in [2.45, 2.75) is 6.54 Å². The molecular formula is C14H12ClFN2O. The number of aromatic nitrogens is 1. The Morgan fingerprint density at radius 1 is 1.37 bits per heavy atom. The maximum atomic E-state index is 13.5. The van der Waals surface area contributed by atoms with Crippen molar-refractivity contribution in [1.82, 2.24) is 9.88 Å². The van der Waals surface area contributed by atoms with Crippen LogP contribution in [0.1, 0.15) is 15.9 Å². The van der Waals surface area contributed by atoms with Crippen LogP contribution < -0.4 is 0 Å². The van der Waals surface area contributed by atoms with Crippen LogP contribution in [0, 0.1) is 5.82 Å². The van der Waals surface area contributed by atoms with Crippen LogP contribution in [0.2, 0.25) is 5.02 Å². The van der Waals surface area contributed by atoms with E-state index in [0.717, 1.165) is 0 Å². The summed E-state index contributed by atoms with van der Waals surface area (Å²) >= 11 is 5.91. The molecule has 1 aromatic carbocycles. The predicted octanol–water partition coefficient (Wildman–Crippen LogP) is 3.15. The number of halogens is 2. The fourth-order valence-corrected chi connectivity index (χ4v) is 1.91. The zero-order valence-electron chi connectivity index (χ0n) is 10.3. The minimum absolute atomic E-state index is 0.185. The lowest BCUT2D eigenvalue weighted by Crippen LogP contribution is -2.26. The average Bonchev–Trinajstić information content (AvgIpc) is 2.41. The van der Waals surface area contributed by atoms with Gasteiger partial charge in [0.05, 0.1) is 10.6 Å². The predicted molar refractivity (Wildman–Crippen MR) is 71.4 cm³/mol. The molecule has 2 rings (SSSR count). The number of amides is 1. The van der Waals surface area contributed by atoms with Crippen LogP contribution in [0.5, 0.6) is 0 Å². The third-order valence-electron chi connectivity index (χ3n) is 2.71. The molecule has 3 nitrogen and oxygen atoms in total. The van der Waals surface area contributed by atoms with Gasteiger partial charge in [-0.15, -0.1) is 0 Å². The molecule has 0 radical (unpaired) electrons. The summed E-state index contributed by atoms with van der Waals surface area (Å²) in [6, 6.07) is 7.90. The number of rotatable bonds is 3. The van der Waals surface area contributed by atoms with Crippen LogP contribution in [0.4, 0.5) is 4.39 Å². The second kappa shape index (κ2) is 5.80. The van der Waals surface area contributed by atoms with Crippen molar-refractivity contribution in [3.05, 3.63) is 64.7 Å². The molecule has 1 amide bonds. The van der Waals surface area contributed by atoms with Crippen LogP contribution >= 0.6 is 11.6 Å². The SMILES string of the molecule is CN(Cc1ccccc1F)C(=O)c1ccncc1Cl. The molecule has 5 heteroatoms. The van der Waals surface area contributed by atoms with E-state index in [9.17, 15) is 9.18 Å². The molecule has 98 valence electrons. The fourth-order valence-electron chi connectivity index (χ4n) is 1.71. The summed E-state index contributed by atoms with van der Waals surface area (Å²) in [5.74, 6) is -0.598. The molecule has 0 aliphatic rings. The molecule has 19 heavy (non-hydrogen) atoms. The first-order valence-electron chi connectivity index (χ1n) is 5.68. The van der Waals surface area contributed by atoms with Crippen molar-refractivity contribution in [2.24, 2.45) is 0 Å². The van der Waals surface area contributed by atoms with Gasteiger partial charge in [0.15, 0.2) is 0 Å². The van der Waals surface area contributed by atoms with Crippen LogP contribution in [0.15, 0.2) is 42.7 Å². The maximum absolute atomic E-state index is 13.5. The molecule has 0 N–H and O–H groups in total. The maximum Gasteiger partial charge on any atom is 0.255 e. The van der Waals surface area contributed by atoms with E-state index in [-0.39, 0.29) is 23.3 Å². The number of nitrogens with zero attached hydrogens (tertiary/aromatic N) is 2. The summed E-state index contributed by atoms with van der Waals surface area (Å²) in [5, 5.41) is 0.285. The quantitative estimate of drug-likeness (QED) is 0.864. The molecule has 0 bridgehead atoms.